The molecule has 2 nitrogen and oxygen atoms in total. The van der Waals surface area contributed by atoms with Gasteiger partial charge in [0.1, 0.15) is 0 Å². The van der Waals surface area contributed by atoms with Gasteiger partial charge in [-0.15, -0.1) is 0 Å². The molecule has 0 spiro atoms. The zero-order chi connectivity index (χ0) is 26.3. The standard InChI is InChI=1S/C18H15P.C7H7Br2N.C7H9N/c1-4-10-16(11-5-1)19(17-12-6-2-7-13-17)18-14-8-3-9-15-18;8-4-6-2-1-3-7(5-9)10-6;1-6-4-3-5-7(2)8-6/h1-15H;1-3H,4-5H2;3-5H,1-2H3. The highest BCUT2D eigenvalue weighted by Gasteiger charge is 2.14. The molecule has 0 aliphatic heterocycles. The summed E-state index contributed by atoms with van der Waals surface area (Å²) < 4.78 is 0. The quantitative estimate of drug-likeness (QED) is 0.145. The van der Waals surface area contributed by atoms with E-state index >= 15 is 0 Å². The van der Waals surface area contributed by atoms with Crippen LogP contribution in [0.15, 0.2) is 127 Å². The third-order valence-corrected chi connectivity index (χ3v) is 8.80. The Kier molecular flexibility index (Phi) is 12.7. The smallest absolute Gasteiger partial charge is 0.0512 e. The molecule has 0 N–H and O–H groups in total. The van der Waals surface area contributed by atoms with Crippen molar-refractivity contribution >= 4 is 55.7 Å². The Hall–Kier alpha value is -2.65. The number of pyridine rings is 2. The molecule has 0 aliphatic rings. The van der Waals surface area contributed by atoms with Gasteiger partial charge in [-0.2, -0.15) is 0 Å². The van der Waals surface area contributed by atoms with Crippen LogP contribution >= 0.6 is 39.8 Å². The van der Waals surface area contributed by atoms with Crippen LogP contribution in [0.25, 0.3) is 0 Å². The third kappa shape index (κ3) is 9.97. The number of aryl methyl sites for hydroxylation is 2. The van der Waals surface area contributed by atoms with Gasteiger partial charge in [0.05, 0.1) is 11.4 Å². The minimum atomic E-state index is -0.446. The van der Waals surface area contributed by atoms with E-state index in [1.807, 2.05) is 50.2 Å². The largest absolute Gasteiger partial charge is 0.258 e. The average Bonchev–Trinajstić information content (AvgIpc) is 2.95. The second-order valence-corrected chi connectivity index (χ2v) is 11.5. The molecule has 3 aromatic carbocycles. The molecule has 0 bridgehead atoms. The zero-order valence-electron chi connectivity index (χ0n) is 21.1. The molecule has 0 atom stereocenters. The summed E-state index contributed by atoms with van der Waals surface area (Å²) in [6.07, 6.45) is 0. The summed E-state index contributed by atoms with van der Waals surface area (Å²) in [5, 5.41) is 5.85. The second kappa shape index (κ2) is 16.2. The fraction of sp³-hybridized carbons (Fsp3) is 0.125. The maximum Gasteiger partial charge on any atom is 0.0512 e. The monoisotopic (exact) mass is 632 g/mol. The van der Waals surface area contributed by atoms with Gasteiger partial charge < -0.3 is 0 Å². The minimum Gasteiger partial charge on any atom is -0.258 e. The molecule has 37 heavy (non-hydrogen) atoms. The molecule has 0 saturated heterocycles. The zero-order valence-corrected chi connectivity index (χ0v) is 25.2. The van der Waals surface area contributed by atoms with Gasteiger partial charge in [0, 0.05) is 22.0 Å². The lowest BCUT2D eigenvalue weighted by Crippen LogP contribution is -2.20. The number of alkyl halides is 2. The SMILES string of the molecule is BrCc1cccc(CBr)n1.Cc1cccc(C)n1.c1ccc(P(c2ccccc2)c2ccccc2)cc1. The number of hydrogen-bond donors (Lipinski definition) is 0. The van der Waals surface area contributed by atoms with Gasteiger partial charge in [-0.1, -0.05) is 135 Å². The van der Waals surface area contributed by atoms with Crippen molar-refractivity contribution < 1.29 is 0 Å². The van der Waals surface area contributed by atoms with E-state index in [2.05, 4.69) is 133 Å². The van der Waals surface area contributed by atoms with Gasteiger partial charge >= 0.3 is 0 Å². The van der Waals surface area contributed by atoms with E-state index in [4.69, 9.17) is 0 Å². The number of rotatable bonds is 5. The lowest BCUT2D eigenvalue weighted by Gasteiger charge is -2.18. The number of benzene rings is 3. The molecule has 2 aromatic heterocycles. The lowest BCUT2D eigenvalue weighted by molar-refractivity contribution is 1.10. The molecular weight excluding hydrogens is 603 g/mol. The topological polar surface area (TPSA) is 25.8 Å². The summed E-state index contributed by atoms with van der Waals surface area (Å²) in [5.74, 6) is 0. The summed E-state index contributed by atoms with van der Waals surface area (Å²) >= 11 is 6.69. The molecular formula is C32H31Br2N2P. The average molecular weight is 634 g/mol. The Morgan fingerprint density at radius 2 is 0.811 bits per heavy atom. The minimum absolute atomic E-state index is 0.446. The maximum atomic E-state index is 4.32. The van der Waals surface area contributed by atoms with E-state index in [0.29, 0.717) is 0 Å². The van der Waals surface area contributed by atoms with E-state index in [1.165, 1.54) is 15.9 Å². The van der Waals surface area contributed by atoms with Crippen LogP contribution in [0.3, 0.4) is 0 Å². The van der Waals surface area contributed by atoms with Gasteiger partial charge in [-0.25, -0.2) is 0 Å². The van der Waals surface area contributed by atoms with Crippen LogP contribution in [0.2, 0.25) is 0 Å². The normalized spacial score (nSPS) is 10.1. The fourth-order valence-electron chi connectivity index (χ4n) is 3.54. The van der Waals surface area contributed by atoms with Gasteiger partial charge in [0.15, 0.2) is 0 Å². The first kappa shape index (κ1) is 28.9. The molecule has 0 fully saturated rings. The number of hydrogen-bond acceptors (Lipinski definition) is 2. The summed E-state index contributed by atoms with van der Waals surface area (Å²) in [5.41, 5.74) is 4.34. The Morgan fingerprint density at radius 3 is 1.11 bits per heavy atom. The van der Waals surface area contributed by atoms with Crippen molar-refractivity contribution in [2.45, 2.75) is 24.5 Å². The molecule has 0 unspecified atom stereocenters. The van der Waals surface area contributed by atoms with Crippen molar-refractivity contribution in [3.8, 4) is 0 Å². The van der Waals surface area contributed by atoms with Gasteiger partial charge in [-0.3, -0.25) is 9.97 Å². The van der Waals surface area contributed by atoms with Crippen molar-refractivity contribution in [3.05, 3.63) is 150 Å². The Balaban J connectivity index is 0.000000177. The highest BCUT2D eigenvalue weighted by molar-refractivity contribution is 9.08. The van der Waals surface area contributed by atoms with Crippen molar-refractivity contribution in [1.29, 1.82) is 0 Å². The molecule has 5 aromatic rings. The first-order chi connectivity index (χ1) is 18.1. The van der Waals surface area contributed by atoms with E-state index < -0.39 is 7.92 Å². The van der Waals surface area contributed by atoms with Crippen LogP contribution in [0, 0.1) is 13.8 Å². The Bertz CT molecular complexity index is 1190. The van der Waals surface area contributed by atoms with Crippen molar-refractivity contribution in [3.63, 3.8) is 0 Å². The number of aromatic nitrogens is 2. The van der Waals surface area contributed by atoms with Crippen molar-refractivity contribution in [2.24, 2.45) is 0 Å². The first-order valence-electron chi connectivity index (χ1n) is 12.0. The molecule has 188 valence electrons. The molecule has 5 heteroatoms. The summed E-state index contributed by atoms with van der Waals surface area (Å²) in [6.45, 7) is 3.99. The Morgan fingerprint density at radius 1 is 0.459 bits per heavy atom. The van der Waals surface area contributed by atoms with E-state index in [1.54, 1.807) is 0 Å². The lowest BCUT2D eigenvalue weighted by atomic mass is 10.3. The predicted molar refractivity (Wildman–Crippen MR) is 168 cm³/mol. The van der Waals surface area contributed by atoms with Gasteiger partial charge in [0.25, 0.3) is 0 Å². The fourth-order valence-corrected chi connectivity index (χ4v) is 6.47. The molecule has 5 rings (SSSR count). The van der Waals surface area contributed by atoms with E-state index in [9.17, 15) is 0 Å². The van der Waals surface area contributed by atoms with Gasteiger partial charge in [-0.05, 0) is 61.9 Å². The number of halogens is 2. The van der Waals surface area contributed by atoms with Crippen LogP contribution in [-0.2, 0) is 10.7 Å². The summed E-state index contributed by atoms with van der Waals surface area (Å²) in [6, 6.07) is 44.3. The van der Waals surface area contributed by atoms with Crippen molar-refractivity contribution in [2.75, 3.05) is 0 Å². The van der Waals surface area contributed by atoms with E-state index in [0.717, 1.165) is 33.4 Å². The predicted octanol–water partition coefficient (Wildman–Crippen LogP) is 8.01. The van der Waals surface area contributed by atoms with E-state index in [-0.39, 0.29) is 0 Å². The highest BCUT2D eigenvalue weighted by Crippen LogP contribution is 2.32. The van der Waals surface area contributed by atoms with Crippen LogP contribution in [0.1, 0.15) is 22.8 Å². The molecule has 0 aliphatic carbocycles. The maximum absolute atomic E-state index is 4.32. The second-order valence-electron chi connectivity index (χ2n) is 8.15. The third-order valence-electron chi connectivity index (χ3n) is 5.21. The van der Waals surface area contributed by atoms with Crippen LogP contribution in [-0.4, -0.2) is 9.97 Å². The Labute approximate surface area is 239 Å². The van der Waals surface area contributed by atoms with Gasteiger partial charge in [0.2, 0.25) is 0 Å². The van der Waals surface area contributed by atoms with Crippen molar-refractivity contribution in [1.82, 2.24) is 9.97 Å². The summed E-state index contributed by atoms with van der Waals surface area (Å²) in [4.78, 5) is 8.49. The molecule has 0 radical (unpaired) electrons. The first-order valence-corrected chi connectivity index (χ1v) is 15.6. The van der Waals surface area contributed by atoms with Crippen LogP contribution in [0.4, 0.5) is 0 Å². The summed E-state index contributed by atoms with van der Waals surface area (Å²) in [7, 11) is -0.446. The van der Waals surface area contributed by atoms with Crippen LogP contribution in [0.5, 0.6) is 0 Å². The van der Waals surface area contributed by atoms with Crippen LogP contribution < -0.4 is 15.9 Å². The highest BCUT2D eigenvalue weighted by atomic mass is 79.9. The molecule has 0 saturated carbocycles. The molecule has 2 heterocycles. The molecule has 0 amide bonds. The number of nitrogens with zero attached hydrogens (tertiary/aromatic N) is 2.